The molecule has 90 valence electrons. The summed E-state index contributed by atoms with van der Waals surface area (Å²) in [7, 11) is 0. The van der Waals surface area contributed by atoms with Crippen molar-refractivity contribution in [3.05, 3.63) is 52.1 Å². The third-order valence-corrected chi connectivity index (χ3v) is 3.89. The Balaban J connectivity index is 1.98. The van der Waals surface area contributed by atoms with Crippen LogP contribution in [0.5, 0.6) is 0 Å². The van der Waals surface area contributed by atoms with Gasteiger partial charge in [0.25, 0.3) is 0 Å². The third kappa shape index (κ3) is 2.17. The lowest BCUT2D eigenvalue weighted by Gasteiger charge is -2.02. The fraction of sp³-hybridized carbons (Fsp3) is 0.0769. The molecule has 3 rings (SSSR count). The number of fused-ring (bicyclic) bond motifs is 1. The molecule has 0 atom stereocenters. The molecule has 0 aliphatic rings. The Morgan fingerprint density at radius 1 is 1.28 bits per heavy atom. The fourth-order valence-electron chi connectivity index (χ4n) is 1.79. The summed E-state index contributed by atoms with van der Waals surface area (Å²) in [5.74, 6) is 0.513. The molecule has 0 saturated heterocycles. The molecule has 0 bridgehead atoms. The molecule has 0 aliphatic heterocycles. The molecule has 1 aromatic carbocycles. The van der Waals surface area contributed by atoms with Gasteiger partial charge in [-0.1, -0.05) is 23.7 Å². The lowest BCUT2D eigenvalue weighted by Crippen LogP contribution is -1.98. The van der Waals surface area contributed by atoms with Crippen molar-refractivity contribution >= 4 is 39.0 Å². The van der Waals surface area contributed by atoms with E-state index in [2.05, 4.69) is 16.0 Å². The van der Waals surface area contributed by atoms with Gasteiger partial charge in [-0.15, -0.1) is 11.3 Å². The van der Waals surface area contributed by atoms with Gasteiger partial charge in [0.05, 0.1) is 20.2 Å². The Kier molecular flexibility index (Phi) is 2.89. The van der Waals surface area contributed by atoms with Crippen LogP contribution in [0.2, 0.25) is 5.02 Å². The van der Waals surface area contributed by atoms with E-state index in [4.69, 9.17) is 17.3 Å². The zero-order valence-corrected chi connectivity index (χ0v) is 11.0. The van der Waals surface area contributed by atoms with E-state index in [1.807, 2.05) is 24.3 Å². The summed E-state index contributed by atoms with van der Waals surface area (Å²) in [4.78, 5) is 8.62. The minimum absolute atomic E-state index is 0.513. The molecule has 0 saturated carbocycles. The van der Waals surface area contributed by atoms with E-state index in [1.54, 1.807) is 17.5 Å². The number of aromatic nitrogens is 2. The van der Waals surface area contributed by atoms with Crippen LogP contribution in [0.1, 0.15) is 10.6 Å². The first kappa shape index (κ1) is 11.4. The standard InChI is InChI=1S/C13H10ClN3S/c14-9-5-8(13(15)16-7-9)6-12-17-10-3-1-2-4-11(10)18-12/h1-5,7H,6H2,(H2,15,16). The van der Waals surface area contributed by atoms with Crippen LogP contribution in [0.25, 0.3) is 10.2 Å². The summed E-state index contributed by atoms with van der Waals surface area (Å²) >= 11 is 7.60. The number of hydrogen-bond acceptors (Lipinski definition) is 4. The molecule has 3 nitrogen and oxygen atoms in total. The van der Waals surface area contributed by atoms with Gasteiger partial charge >= 0.3 is 0 Å². The normalized spacial score (nSPS) is 10.9. The first-order valence-electron chi connectivity index (χ1n) is 5.47. The number of thiazole rings is 1. The third-order valence-electron chi connectivity index (χ3n) is 2.65. The number of hydrogen-bond donors (Lipinski definition) is 1. The van der Waals surface area contributed by atoms with Crippen LogP contribution < -0.4 is 5.73 Å². The van der Waals surface area contributed by atoms with Crippen LogP contribution in [0.15, 0.2) is 36.5 Å². The second-order valence-corrected chi connectivity index (χ2v) is 5.50. The van der Waals surface area contributed by atoms with Crippen LogP contribution >= 0.6 is 22.9 Å². The first-order chi connectivity index (χ1) is 8.72. The van der Waals surface area contributed by atoms with Gasteiger partial charge in [0.15, 0.2) is 0 Å². The fourth-order valence-corrected chi connectivity index (χ4v) is 2.96. The minimum Gasteiger partial charge on any atom is -0.383 e. The van der Waals surface area contributed by atoms with Crippen molar-refractivity contribution in [1.29, 1.82) is 0 Å². The first-order valence-corrected chi connectivity index (χ1v) is 6.66. The second kappa shape index (κ2) is 4.55. The van der Waals surface area contributed by atoms with Gasteiger partial charge in [0, 0.05) is 18.2 Å². The average Bonchev–Trinajstić information content (AvgIpc) is 2.76. The van der Waals surface area contributed by atoms with E-state index in [1.165, 1.54) is 4.70 Å². The molecule has 0 radical (unpaired) electrons. The Labute approximate surface area is 113 Å². The van der Waals surface area contributed by atoms with E-state index in [0.29, 0.717) is 17.3 Å². The highest BCUT2D eigenvalue weighted by atomic mass is 35.5. The van der Waals surface area contributed by atoms with Gasteiger partial charge in [0.2, 0.25) is 0 Å². The van der Waals surface area contributed by atoms with Crippen molar-refractivity contribution in [3.8, 4) is 0 Å². The topological polar surface area (TPSA) is 51.8 Å². The number of nitrogen functional groups attached to an aromatic ring is 1. The minimum atomic E-state index is 0.513. The zero-order chi connectivity index (χ0) is 12.5. The quantitative estimate of drug-likeness (QED) is 0.778. The SMILES string of the molecule is Nc1ncc(Cl)cc1Cc1nc2ccccc2s1. The van der Waals surface area contributed by atoms with Gasteiger partial charge in [-0.05, 0) is 18.2 Å². The highest BCUT2D eigenvalue weighted by Gasteiger charge is 2.08. The predicted octanol–water partition coefficient (Wildman–Crippen LogP) is 3.52. The van der Waals surface area contributed by atoms with Crippen molar-refractivity contribution < 1.29 is 0 Å². The number of anilines is 1. The van der Waals surface area contributed by atoms with Crippen molar-refractivity contribution in [2.75, 3.05) is 5.73 Å². The van der Waals surface area contributed by atoms with Gasteiger partial charge in [-0.3, -0.25) is 0 Å². The average molecular weight is 276 g/mol. The van der Waals surface area contributed by atoms with E-state index < -0.39 is 0 Å². The molecule has 18 heavy (non-hydrogen) atoms. The summed E-state index contributed by atoms with van der Waals surface area (Å²) in [6.07, 6.45) is 2.22. The van der Waals surface area contributed by atoms with E-state index in [-0.39, 0.29) is 0 Å². The van der Waals surface area contributed by atoms with Crippen molar-refractivity contribution in [2.45, 2.75) is 6.42 Å². The van der Waals surface area contributed by atoms with Gasteiger partial charge in [-0.25, -0.2) is 9.97 Å². The number of rotatable bonds is 2. The van der Waals surface area contributed by atoms with Crippen LogP contribution in [0.3, 0.4) is 0 Å². The molecule has 2 aromatic heterocycles. The van der Waals surface area contributed by atoms with Crippen molar-refractivity contribution in [3.63, 3.8) is 0 Å². The highest BCUT2D eigenvalue weighted by molar-refractivity contribution is 7.18. The van der Waals surface area contributed by atoms with Crippen LogP contribution in [-0.4, -0.2) is 9.97 Å². The summed E-state index contributed by atoms with van der Waals surface area (Å²) in [6, 6.07) is 9.92. The molecule has 0 unspecified atom stereocenters. The molecule has 0 fully saturated rings. The van der Waals surface area contributed by atoms with E-state index in [9.17, 15) is 0 Å². The maximum atomic E-state index is 5.93. The van der Waals surface area contributed by atoms with Gasteiger partial charge in [0.1, 0.15) is 5.82 Å². The summed E-state index contributed by atoms with van der Waals surface area (Å²) in [5.41, 5.74) is 7.78. The number of para-hydroxylation sites is 1. The maximum Gasteiger partial charge on any atom is 0.127 e. The maximum absolute atomic E-state index is 5.93. The highest BCUT2D eigenvalue weighted by Crippen LogP contribution is 2.25. The largest absolute Gasteiger partial charge is 0.383 e. The molecule has 2 heterocycles. The number of halogens is 1. The molecule has 0 aliphatic carbocycles. The van der Waals surface area contributed by atoms with Crippen LogP contribution in [-0.2, 0) is 6.42 Å². The summed E-state index contributed by atoms with van der Waals surface area (Å²) in [5, 5.41) is 1.62. The second-order valence-electron chi connectivity index (χ2n) is 3.95. The number of nitrogens with two attached hydrogens (primary N) is 1. The van der Waals surface area contributed by atoms with Crippen molar-refractivity contribution in [1.82, 2.24) is 9.97 Å². The molecule has 3 aromatic rings. The smallest absolute Gasteiger partial charge is 0.127 e. The summed E-state index contributed by atoms with van der Waals surface area (Å²) in [6.45, 7) is 0. The Morgan fingerprint density at radius 2 is 2.11 bits per heavy atom. The van der Waals surface area contributed by atoms with E-state index in [0.717, 1.165) is 16.1 Å². The Hall–Kier alpha value is -1.65. The Morgan fingerprint density at radius 3 is 2.94 bits per heavy atom. The van der Waals surface area contributed by atoms with E-state index >= 15 is 0 Å². The Bertz CT molecular complexity index is 675. The summed E-state index contributed by atoms with van der Waals surface area (Å²) < 4.78 is 1.18. The molecular weight excluding hydrogens is 266 g/mol. The van der Waals surface area contributed by atoms with Gasteiger partial charge < -0.3 is 5.73 Å². The molecule has 2 N–H and O–H groups in total. The molecule has 5 heteroatoms. The predicted molar refractivity (Wildman–Crippen MR) is 76.1 cm³/mol. The lowest BCUT2D eigenvalue weighted by atomic mass is 10.2. The number of pyridine rings is 1. The van der Waals surface area contributed by atoms with Crippen molar-refractivity contribution in [2.24, 2.45) is 0 Å². The lowest BCUT2D eigenvalue weighted by molar-refractivity contribution is 1.13. The molecular formula is C13H10ClN3S. The monoisotopic (exact) mass is 275 g/mol. The van der Waals surface area contributed by atoms with Crippen LogP contribution in [0.4, 0.5) is 5.82 Å². The molecule has 0 amide bonds. The number of nitrogens with zero attached hydrogens (tertiary/aromatic N) is 2. The van der Waals surface area contributed by atoms with Crippen LogP contribution in [0, 0.1) is 0 Å². The molecule has 0 spiro atoms. The zero-order valence-electron chi connectivity index (χ0n) is 9.43. The van der Waals surface area contributed by atoms with Gasteiger partial charge in [-0.2, -0.15) is 0 Å². The number of benzene rings is 1.